The zero-order chi connectivity index (χ0) is 18.5. The second kappa shape index (κ2) is 8.04. The molecule has 1 aliphatic rings. The van der Waals surface area contributed by atoms with Crippen molar-refractivity contribution in [2.45, 2.75) is 26.7 Å². The van der Waals surface area contributed by atoms with Gasteiger partial charge in [-0.3, -0.25) is 9.59 Å². The van der Waals surface area contributed by atoms with Gasteiger partial charge < -0.3 is 15.5 Å². The van der Waals surface area contributed by atoms with E-state index in [9.17, 15) is 9.59 Å². The number of hydrogen-bond donors (Lipinski definition) is 2. The van der Waals surface area contributed by atoms with Crippen LogP contribution in [0.4, 0.5) is 17.1 Å². The molecule has 26 heavy (non-hydrogen) atoms. The average molecular weight is 351 g/mol. The predicted molar refractivity (Wildman–Crippen MR) is 106 cm³/mol. The van der Waals surface area contributed by atoms with Gasteiger partial charge in [-0.1, -0.05) is 32.0 Å². The number of rotatable bonds is 6. The highest BCUT2D eigenvalue weighted by Gasteiger charge is 2.20. The molecule has 2 amide bonds. The molecule has 1 heterocycles. The molecular weight excluding hydrogens is 326 g/mol. The summed E-state index contributed by atoms with van der Waals surface area (Å²) in [5.41, 5.74) is 3.90. The van der Waals surface area contributed by atoms with Crippen LogP contribution in [0.3, 0.4) is 0 Å². The lowest BCUT2D eigenvalue weighted by atomic mass is 10.1. The Balaban J connectivity index is 1.53. The number of carbonyl (C=O) groups is 2. The third kappa shape index (κ3) is 4.63. The van der Waals surface area contributed by atoms with Crippen molar-refractivity contribution in [3.63, 3.8) is 0 Å². The van der Waals surface area contributed by atoms with E-state index >= 15 is 0 Å². The van der Waals surface area contributed by atoms with Gasteiger partial charge in [-0.2, -0.15) is 0 Å². The van der Waals surface area contributed by atoms with Gasteiger partial charge in [0.05, 0.1) is 6.54 Å². The minimum atomic E-state index is -0.0432. The van der Waals surface area contributed by atoms with Gasteiger partial charge in [-0.15, -0.1) is 0 Å². The highest BCUT2D eigenvalue weighted by atomic mass is 16.2. The van der Waals surface area contributed by atoms with Crippen LogP contribution in [0.1, 0.15) is 25.8 Å². The van der Waals surface area contributed by atoms with Gasteiger partial charge in [0.1, 0.15) is 0 Å². The summed E-state index contributed by atoms with van der Waals surface area (Å²) in [5, 5.41) is 5.78. The molecule has 2 N–H and O–H groups in total. The summed E-state index contributed by atoms with van der Waals surface area (Å²) in [7, 11) is 0. The van der Waals surface area contributed by atoms with Crippen LogP contribution >= 0.6 is 0 Å². The molecule has 0 unspecified atom stereocenters. The Kier molecular flexibility index (Phi) is 5.56. The summed E-state index contributed by atoms with van der Waals surface area (Å²) in [5.74, 6) is 0.284. The normalized spacial score (nSPS) is 12.8. The second-order valence-electron chi connectivity index (χ2n) is 7.07. The maximum atomic E-state index is 12.3. The monoisotopic (exact) mass is 351 g/mol. The van der Waals surface area contributed by atoms with Crippen molar-refractivity contribution in [2.24, 2.45) is 5.92 Å². The molecule has 2 aromatic rings. The van der Waals surface area contributed by atoms with Gasteiger partial charge in [0, 0.05) is 30.0 Å². The summed E-state index contributed by atoms with van der Waals surface area (Å²) in [6.07, 6.45) is 1.48. The summed E-state index contributed by atoms with van der Waals surface area (Å²) in [4.78, 5) is 26.2. The molecule has 0 atom stereocenters. The number of nitrogens with zero attached hydrogens (tertiary/aromatic N) is 1. The lowest BCUT2D eigenvalue weighted by Crippen LogP contribution is -2.31. The lowest BCUT2D eigenvalue weighted by Gasteiger charge is -2.18. The zero-order valence-corrected chi connectivity index (χ0v) is 15.3. The summed E-state index contributed by atoms with van der Waals surface area (Å²) in [6, 6.07) is 15.4. The van der Waals surface area contributed by atoms with E-state index in [1.807, 2.05) is 26.0 Å². The minimum absolute atomic E-state index is 0.00415. The summed E-state index contributed by atoms with van der Waals surface area (Å²) < 4.78 is 0. The minimum Gasteiger partial charge on any atom is -0.362 e. The van der Waals surface area contributed by atoms with E-state index in [2.05, 4.69) is 27.7 Å². The van der Waals surface area contributed by atoms with Crippen LogP contribution in [-0.2, 0) is 16.0 Å². The first-order valence-corrected chi connectivity index (χ1v) is 9.04. The molecule has 136 valence electrons. The second-order valence-corrected chi connectivity index (χ2v) is 7.07. The van der Waals surface area contributed by atoms with Crippen molar-refractivity contribution in [3.8, 4) is 0 Å². The fraction of sp³-hybridized carbons (Fsp3) is 0.333. The fourth-order valence-corrected chi connectivity index (χ4v) is 3.16. The van der Waals surface area contributed by atoms with Crippen molar-refractivity contribution in [1.82, 2.24) is 0 Å². The smallest absolute Gasteiger partial charge is 0.243 e. The lowest BCUT2D eigenvalue weighted by molar-refractivity contribution is -0.117. The third-order valence-electron chi connectivity index (χ3n) is 4.36. The predicted octanol–water partition coefficient (Wildman–Crippen LogP) is 3.67. The van der Waals surface area contributed by atoms with Crippen LogP contribution in [-0.4, -0.2) is 24.9 Å². The van der Waals surface area contributed by atoms with E-state index in [0.717, 1.165) is 30.0 Å². The fourth-order valence-electron chi connectivity index (χ4n) is 3.16. The quantitative estimate of drug-likeness (QED) is 0.835. The molecule has 5 nitrogen and oxygen atoms in total. The van der Waals surface area contributed by atoms with E-state index in [1.165, 1.54) is 5.56 Å². The van der Waals surface area contributed by atoms with Gasteiger partial charge in [0.2, 0.25) is 11.8 Å². The molecule has 0 saturated heterocycles. The molecule has 0 radical (unpaired) electrons. The van der Waals surface area contributed by atoms with Crippen molar-refractivity contribution in [1.29, 1.82) is 0 Å². The first-order chi connectivity index (χ1) is 12.5. The maximum Gasteiger partial charge on any atom is 0.243 e. The number of carbonyl (C=O) groups excluding carboxylic acids is 2. The zero-order valence-electron chi connectivity index (χ0n) is 15.3. The SMILES string of the molecule is CC(C)CC(=O)Nc1ccc(NC(=O)CN2CCc3ccccc32)cc1. The van der Waals surface area contributed by atoms with E-state index in [1.54, 1.807) is 24.3 Å². The van der Waals surface area contributed by atoms with Gasteiger partial charge in [-0.25, -0.2) is 0 Å². The van der Waals surface area contributed by atoms with Crippen molar-refractivity contribution in [3.05, 3.63) is 54.1 Å². The number of anilines is 3. The van der Waals surface area contributed by atoms with Crippen LogP contribution in [0, 0.1) is 5.92 Å². The first-order valence-electron chi connectivity index (χ1n) is 9.04. The number of fused-ring (bicyclic) bond motifs is 1. The molecule has 0 aliphatic carbocycles. The Morgan fingerprint density at radius 2 is 1.58 bits per heavy atom. The first kappa shape index (κ1) is 18.0. The molecule has 0 bridgehead atoms. The third-order valence-corrected chi connectivity index (χ3v) is 4.36. The Hall–Kier alpha value is -2.82. The Bertz CT molecular complexity index is 784. The van der Waals surface area contributed by atoms with E-state index < -0.39 is 0 Å². The molecular formula is C21H25N3O2. The summed E-state index contributed by atoms with van der Waals surface area (Å²) >= 11 is 0. The van der Waals surface area contributed by atoms with Crippen LogP contribution in [0.25, 0.3) is 0 Å². The molecule has 0 aromatic heterocycles. The Morgan fingerprint density at radius 3 is 2.23 bits per heavy atom. The number of hydrogen-bond acceptors (Lipinski definition) is 3. The van der Waals surface area contributed by atoms with Gasteiger partial charge >= 0.3 is 0 Å². The van der Waals surface area contributed by atoms with Gasteiger partial charge in [0.15, 0.2) is 0 Å². The number of para-hydroxylation sites is 1. The largest absolute Gasteiger partial charge is 0.362 e. The molecule has 0 spiro atoms. The van der Waals surface area contributed by atoms with Crippen LogP contribution < -0.4 is 15.5 Å². The number of amides is 2. The molecule has 3 rings (SSSR count). The van der Waals surface area contributed by atoms with Gasteiger partial charge in [-0.05, 0) is 48.2 Å². The van der Waals surface area contributed by atoms with Crippen LogP contribution in [0.5, 0.6) is 0 Å². The van der Waals surface area contributed by atoms with E-state index in [4.69, 9.17) is 0 Å². The highest BCUT2D eigenvalue weighted by Crippen LogP contribution is 2.27. The number of benzene rings is 2. The Labute approximate surface area is 154 Å². The molecule has 0 saturated carbocycles. The number of nitrogens with one attached hydrogen (secondary N) is 2. The van der Waals surface area contributed by atoms with Crippen molar-refractivity contribution < 1.29 is 9.59 Å². The topological polar surface area (TPSA) is 61.4 Å². The molecule has 5 heteroatoms. The van der Waals surface area contributed by atoms with Crippen LogP contribution in [0.2, 0.25) is 0 Å². The summed E-state index contributed by atoms with van der Waals surface area (Å²) in [6.45, 7) is 5.23. The van der Waals surface area contributed by atoms with E-state index in [0.29, 0.717) is 18.9 Å². The maximum absolute atomic E-state index is 12.3. The van der Waals surface area contributed by atoms with Gasteiger partial charge in [0.25, 0.3) is 0 Å². The Morgan fingerprint density at radius 1 is 0.962 bits per heavy atom. The molecule has 1 aliphatic heterocycles. The molecule has 2 aromatic carbocycles. The van der Waals surface area contributed by atoms with Crippen molar-refractivity contribution >= 4 is 28.9 Å². The standard InChI is InChI=1S/C21H25N3O2/c1-15(2)13-20(25)22-17-7-9-18(10-8-17)23-21(26)14-24-12-11-16-5-3-4-6-19(16)24/h3-10,15H,11-14H2,1-2H3,(H,22,25)(H,23,26). The molecule has 0 fully saturated rings. The van der Waals surface area contributed by atoms with Crippen LogP contribution in [0.15, 0.2) is 48.5 Å². The van der Waals surface area contributed by atoms with E-state index in [-0.39, 0.29) is 11.8 Å². The average Bonchev–Trinajstić information content (AvgIpc) is 2.99. The highest BCUT2D eigenvalue weighted by molar-refractivity contribution is 5.95. The van der Waals surface area contributed by atoms with Crippen molar-refractivity contribution in [2.75, 3.05) is 28.6 Å².